The predicted octanol–water partition coefficient (Wildman–Crippen LogP) is 2.66. The fraction of sp³-hybridized carbons (Fsp3) is 0.429. The van der Waals surface area contributed by atoms with Crippen molar-refractivity contribution in [3.63, 3.8) is 0 Å². The third kappa shape index (κ3) is 5.99. The van der Waals surface area contributed by atoms with Gasteiger partial charge < -0.3 is 20.3 Å². The zero-order valence-corrected chi connectivity index (χ0v) is 17.1. The van der Waals surface area contributed by atoms with E-state index in [1.165, 1.54) is 10.4 Å². The summed E-state index contributed by atoms with van der Waals surface area (Å²) in [7, 11) is 0. The minimum absolute atomic E-state index is 0.170. The number of guanidine groups is 1. The molecule has 2 N–H and O–H groups in total. The number of nitrogens with one attached hydrogen (secondary N) is 2. The highest BCUT2D eigenvalue weighted by Crippen LogP contribution is 2.24. The van der Waals surface area contributed by atoms with Gasteiger partial charge in [-0.25, -0.2) is 0 Å². The number of carbonyl (C=O) groups excluding carboxylic acids is 1. The van der Waals surface area contributed by atoms with Gasteiger partial charge in [0.2, 0.25) is 5.91 Å². The molecule has 2 aromatic rings. The van der Waals surface area contributed by atoms with Crippen molar-refractivity contribution in [3.05, 3.63) is 52.2 Å². The molecule has 3 rings (SSSR count). The van der Waals surface area contributed by atoms with Crippen LogP contribution < -0.4 is 15.4 Å². The van der Waals surface area contributed by atoms with Crippen molar-refractivity contribution < 1.29 is 9.53 Å². The van der Waals surface area contributed by atoms with E-state index in [4.69, 9.17) is 4.74 Å². The molecule has 1 aliphatic heterocycles. The third-order valence-corrected chi connectivity index (χ3v) is 5.53. The molecular weight excluding hydrogens is 372 g/mol. The van der Waals surface area contributed by atoms with Crippen LogP contribution >= 0.6 is 11.3 Å². The van der Waals surface area contributed by atoms with Crippen molar-refractivity contribution in [2.75, 3.05) is 32.8 Å². The first-order valence-corrected chi connectivity index (χ1v) is 10.7. The van der Waals surface area contributed by atoms with Gasteiger partial charge in [-0.2, -0.15) is 0 Å². The van der Waals surface area contributed by atoms with E-state index in [-0.39, 0.29) is 5.91 Å². The molecule has 0 spiro atoms. The third-order valence-electron chi connectivity index (χ3n) is 4.51. The van der Waals surface area contributed by atoms with E-state index >= 15 is 0 Å². The molecule has 0 bridgehead atoms. The number of amides is 1. The highest BCUT2D eigenvalue weighted by molar-refractivity contribution is 7.10. The summed E-state index contributed by atoms with van der Waals surface area (Å²) in [6.45, 7) is 6.00. The molecule has 7 heteroatoms. The van der Waals surface area contributed by atoms with E-state index in [1.54, 1.807) is 11.3 Å². The maximum Gasteiger partial charge on any atom is 0.224 e. The van der Waals surface area contributed by atoms with Crippen LogP contribution in [-0.4, -0.2) is 49.6 Å². The van der Waals surface area contributed by atoms with Crippen LogP contribution in [-0.2, 0) is 17.8 Å². The topological polar surface area (TPSA) is 66.0 Å². The van der Waals surface area contributed by atoms with Gasteiger partial charge in [0.1, 0.15) is 12.4 Å². The van der Waals surface area contributed by atoms with Crippen LogP contribution in [0.4, 0.5) is 0 Å². The second-order valence-electron chi connectivity index (χ2n) is 6.53. The van der Waals surface area contributed by atoms with Gasteiger partial charge in [-0.1, -0.05) is 18.2 Å². The van der Waals surface area contributed by atoms with Gasteiger partial charge >= 0.3 is 0 Å². The molecule has 150 valence electrons. The standard InChI is InChI=1S/C21H28N4O2S/c1-2-22-21(24-12-14-27-18-6-4-3-5-7-18)23-11-8-20(26)25-13-9-19-17(16-25)10-15-28-19/h3-7,10,15H,2,8-9,11-14,16H2,1H3,(H2,22,23,24). The number of thiophene rings is 1. The van der Waals surface area contributed by atoms with Crippen molar-refractivity contribution in [1.82, 2.24) is 15.5 Å². The summed E-state index contributed by atoms with van der Waals surface area (Å²) in [5.41, 5.74) is 1.29. The molecule has 0 unspecified atom stereocenters. The summed E-state index contributed by atoms with van der Waals surface area (Å²) in [5.74, 6) is 1.74. The Kier molecular flexibility index (Phi) is 7.72. The van der Waals surface area contributed by atoms with Crippen LogP contribution in [0.3, 0.4) is 0 Å². The lowest BCUT2D eigenvalue weighted by molar-refractivity contribution is -0.131. The SMILES string of the molecule is CCNC(=NCCC(=O)N1CCc2sccc2C1)NCCOc1ccccc1. The average molecular weight is 401 g/mol. The van der Waals surface area contributed by atoms with Crippen LogP contribution in [0.25, 0.3) is 0 Å². The number of benzene rings is 1. The molecule has 2 heterocycles. The average Bonchev–Trinajstić information content (AvgIpc) is 3.19. The molecule has 0 saturated carbocycles. The zero-order chi connectivity index (χ0) is 19.6. The van der Waals surface area contributed by atoms with Crippen LogP contribution in [0.15, 0.2) is 46.8 Å². The predicted molar refractivity (Wildman–Crippen MR) is 114 cm³/mol. The van der Waals surface area contributed by atoms with Crippen LogP contribution in [0.5, 0.6) is 5.75 Å². The van der Waals surface area contributed by atoms with E-state index in [9.17, 15) is 4.79 Å². The first-order chi connectivity index (χ1) is 13.8. The Labute approximate surface area is 170 Å². The van der Waals surface area contributed by atoms with Crippen LogP contribution in [0, 0.1) is 0 Å². The summed E-state index contributed by atoms with van der Waals surface area (Å²) >= 11 is 1.79. The lowest BCUT2D eigenvalue weighted by Gasteiger charge is -2.26. The monoisotopic (exact) mass is 400 g/mol. The number of nitrogens with zero attached hydrogens (tertiary/aromatic N) is 2. The number of hydrogen-bond acceptors (Lipinski definition) is 4. The van der Waals surface area contributed by atoms with Gasteiger partial charge in [-0.15, -0.1) is 11.3 Å². The van der Waals surface area contributed by atoms with Gasteiger partial charge in [0.15, 0.2) is 5.96 Å². The molecule has 1 amide bonds. The number of fused-ring (bicyclic) bond motifs is 1. The van der Waals surface area contributed by atoms with E-state index in [0.717, 1.165) is 31.8 Å². The maximum atomic E-state index is 12.5. The molecule has 1 aliphatic rings. The van der Waals surface area contributed by atoms with E-state index in [1.807, 2.05) is 42.2 Å². The molecule has 6 nitrogen and oxygen atoms in total. The van der Waals surface area contributed by atoms with Gasteiger partial charge in [0, 0.05) is 30.9 Å². The number of rotatable bonds is 8. The normalized spacial score (nSPS) is 13.8. The van der Waals surface area contributed by atoms with Gasteiger partial charge in [0.05, 0.1) is 13.1 Å². The maximum absolute atomic E-state index is 12.5. The molecule has 0 saturated heterocycles. The van der Waals surface area contributed by atoms with E-state index < -0.39 is 0 Å². The molecule has 28 heavy (non-hydrogen) atoms. The molecule has 0 atom stereocenters. The molecule has 1 aromatic heterocycles. The minimum Gasteiger partial charge on any atom is -0.492 e. The summed E-state index contributed by atoms with van der Waals surface area (Å²) in [6, 6.07) is 11.9. The van der Waals surface area contributed by atoms with E-state index in [0.29, 0.717) is 32.1 Å². The Bertz CT molecular complexity index is 776. The van der Waals surface area contributed by atoms with Crippen molar-refractivity contribution in [1.29, 1.82) is 0 Å². The zero-order valence-electron chi connectivity index (χ0n) is 16.3. The fourth-order valence-electron chi connectivity index (χ4n) is 3.08. The Balaban J connectivity index is 1.39. The Morgan fingerprint density at radius 3 is 2.93 bits per heavy atom. The Morgan fingerprint density at radius 1 is 1.25 bits per heavy atom. The van der Waals surface area contributed by atoms with Crippen molar-refractivity contribution in [2.24, 2.45) is 4.99 Å². The number of ether oxygens (including phenoxy) is 1. The highest BCUT2D eigenvalue weighted by Gasteiger charge is 2.20. The summed E-state index contributed by atoms with van der Waals surface area (Å²) in [4.78, 5) is 20.4. The van der Waals surface area contributed by atoms with Gasteiger partial charge in [0.25, 0.3) is 0 Å². The Morgan fingerprint density at radius 2 is 2.11 bits per heavy atom. The number of aliphatic imine (C=N–C) groups is 1. The first kappa shape index (κ1) is 20.2. The quantitative estimate of drug-likeness (QED) is 0.406. The highest BCUT2D eigenvalue weighted by atomic mass is 32.1. The second-order valence-corrected chi connectivity index (χ2v) is 7.53. The van der Waals surface area contributed by atoms with Gasteiger partial charge in [-0.05, 0) is 42.5 Å². The molecule has 1 aromatic carbocycles. The van der Waals surface area contributed by atoms with Crippen molar-refractivity contribution >= 4 is 23.2 Å². The number of hydrogen-bond donors (Lipinski definition) is 2. The number of para-hydroxylation sites is 1. The number of carbonyl (C=O) groups is 1. The van der Waals surface area contributed by atoms with Crippen molar-refractivity contribution in [2.45, 2.75) is 26.3 Å². The summed E-state index contributed by atoms with van der Waals surface area (Å²) in [5, 5.41) is 8.56. The van der Waals surface area contributed by atoms with Crippen molar-refractivity contribution in [3.8, 4) is 5.75 Å². The molecule has 0 fully saturated rings. The molecule has 0 aliphatic carbocycles. The van der Waals surface area contributed by atoms with Crippen LogP contribution in [0.1, 0.15) is 23.8 Å². The summed E-state index contributed by atoms with van der Waals surface area (Å²) in [6.07, 6.45) is 1.39. The minimum atomic E-state index is 0.170. The lowest BCUT2D eigenvalue weighted by atomic mass is 10.1. The molecular formula is C21H28N4O2S. The van der Waals surface area contributed by atoms with Gasteiger partial charge in [-0.3, -0.25) is 9.79 Å². The second kappa shape index (κ2) is 10.7. The largest absolute Gasteiger partial charge is 0.492 e. The fourth-order valence-corrected chi connectivity index (χ4v) is 3.97. The van der Waals surface area contributed by atoms with E-state index in [2.05, 4.69) is 27.1 Å². The first-order valence-electron chi connectivity index (χ1n) is 9.79. The Hall–Kier alpha value is -2.54. The smallest absolute Gasteiger partial charge is 0.224 e. The van der Waals surface area contributed by atoms with Crippen LogP contribution in [0.2, 0.25) is 0 Å². The lowest BCUT2D eigenvalue weighted by Crippen LogP contribution is -2.40. The molecule has 0 radical (unpaired) electrons. The summed E-state index contributed by atoms with van der Waals surface area (Å²) < 4.78 is 5.67.